The van der Waals surface area contributed by atoms with Gasteiger partial charge in [-0.1, -0.05) is 66.7 Å². The number of carbonyl (C=O) groups is 1. The summed E-state index contributed by atoms with van der Waals surface area (Å²) in [5.41, 5.74) is 0.866. The Balaban J connectivity index is 2.11. The predicted molar refractivity (Wildman–Crippen MR) is 105 cm³/mol. The van der Waals surface area contributed by atoms with Crippen LogP contribution in [0.15, 0.2) is 66.7 Å². The Labute approximate surface area is 144 Å². The number of Topliss-reactive ketones (excluding diaryl/α,β-unsaturated/α-hetero) is 1. The SMILES string of the molecule is O=C1CC=c2c3cccc4cc5ccccc5c(c5cccc1c25)c43. The minimum atomic E-state index is 0.219. The zero-order chi connectivity index (χ0) is 16.5. The van der Waals surface area contributed by atoms with Crippen LogP contribution in [0.2, 0.25) is 0 Å². The van der Waals surface area contributed by atoms with E-state index in [2.05, 4.69) is 60.7 Å². The molecule has 0 spiro atoms. The summed E-state index contributed by atoms with van der Waals surface area (Å²) < 4.78 is 0. The predicted octanol–water partition coefficient (Wildman–Crippen LogP) is 5.39. The molecule has 5 aromatic rings. The maximum absolute atomic E-state index is 12.5. The molecule has 0 saturated carbocycles. The average molecular weight is 318 g/mol. The Kier molecular flexibility index (Phi) is 2.34. The molecule has 0 amide bonds. The van der Waals surface area contributed by atoms with E-state index in [1.165, 1.54) is 42.9 Å². The molecule has 0 fully saturated rings. The summed E-state index contributed by atoms with van der Waals surface area (Å²) in [5, 5.41) is 11.1. The van der Waals surface area contributed by atoms with Crippen LogP contribution in [-0.2, 0) is 0 Å². The molecule has 0 aromatic heterocycles. The normalized spacial score (nSPS) is 13.8. The summed E-state index contributed by atoms with van der Waals surface area (Å²) in [6.45, 7) is 0. The van der Waals surface area contributed by atoms with Gasteiger partial charge in [0.15, 0.2) is 5.78 Å². The molecule has 116 valence electrons. The second-order valence-corrected chi connectivity index (χ2v) is 6.85. The van der Waals surface area contributed by atoms with Gasteiger partial charge in [-0.25, -0.2) is 0 Å². The van der Waals surface area contributed by atoms with Crippen LogP contribution < -0.4 is 5.22 Å². The standard InChI is InChI=1S/C24H14O/c25-21-12-11-18-17-8-3-6-15-13-14-5-1-2-7-16(14)24(22(15)17)20-10-4-9-19(21)23(18)20/h1-11,13H,12H2. The van der Waals surface area contributed by atoms with Gasteiger partial charge in [0.2, 0.25) is 0 Å². The van der Waals surface area contributed by atoms with Crippen molar-refractivity contribution in [1.29, 1.82) is 0 Å². The highest BCUT2D eigenvalue weighted by Crippen LogP contribution is 2.38. The Hall–Kier alpha value is -3.19. The van der Waals surface area contributed by atoms with Crippen LogP contribution in [-0.4, -0.2) is 5.78 Å². The topological polar surface area (TPSA) is 17.1 Å². The number of hydrogen-bond donors (Lipinski definition) is 0. The fourth-order valence-corrected chi connectivity index (χ4v) is 4.56. The van der Waals surface area contributed by atoms with E-state index in [-0.39, 0.29) is 5.78 Å². The van der Waals surface area contributed by atoms with E-state index < -0.39 is 0 Å². The first-order valence-electron chi connectivity index (χ1n) is 8.65. The van der Waals surface area contributed by atoms with E-state index in [1.807, 2.05) is 12.1 Å². The van der Waals surface area contributed by atoms with Crippen molar-refractivity contribution in [3.8, 4) is 0 Å². The van der Waals surface area contributed by atoms with Gasteiger partial charge in [-0.2, -0.15) is 0 Å². The number of hydrogen-bond acceptors (Lipinski definition) is 1. The second-order valence-electron chi connectivity index (χ2n) is 6.85. The quantitative estimate of drug-likeness (QED) is 0.276. The van der Waals surface area contributed by atoms with Gasteiger partial charge in [0.1, 0.15) is 0 Å². The highest BCUT2D eigenvalue weighted by atomic mass is 16.1. The molecule has 1 heteroatoms. The molecular weight excluding hydrogens is 304 g/mol. The van der Waals surface area contributed by atoms with Crippen LogP contribution in [0.4, 0.5) is 0 Å². The van der Waals surface area contributed by atoms with E-state index in [1.54, 1.807) is 0 Å². The summed E-state index contributed by atoms with van der Waals surface area (Å²) in [6.07, 6.45) is 2.60. The molecule has 1 nitrogen and oxygen atoms in total. The summed E-state index contributed by atoms with van der Waals surface area (Å²) in [5.74, 6) is 0.219. The number of rotatable bonds is 0. The lowest BCUT2D eigenvalue weighted by molar-refractivity contribution is 0.1000. The Bertz CT molecular complexity index is 1420. The van der Waals surface area contributed by atoms with E-state index >= 15 is 0 Å². The van der Waals surface area contributed by atoms with Gasteiger partial charge in [0, 0.05) is 17.4 Å². The molecule has 0 N–H and O–H groups in total. The van der Waals surface area contributed by atoms with E-state index in [0.717, 1.165) is 10.9 Å². The second kappa shape index (κ2) is 4.46. The van der Waals surface area contributed by atoms with Crippen molar-refractivity contribution in [3.63, 3.8) is 0 Å². The Morgan fingerprint density at radius 2 is 1.40 bits per heavy atom. The number of ketones is 1. The number of benzene rings is 5. The van der Waals surface area contributed by atoms with Gasteiger partial charge in [-0.3, -0.25) is 4.79 Å². The molecular formula is C24H14O. The van der Waals surface area contributed by atoms with Crippen LogP contribution in [0.1, 0.15) is 16.8 Å². The highest BCUT2D eigenvalue weighted by Gasteiger charge is 2.19. The number of carbonyl (C=O) groups excluding carboxylic acids is 1. The largest absolute Gasteiger partial charge is 0.294 e. The molecule has 1 aliphatic rings. The van der Waals surface area contributed by atoms with Crippen molar-refractivity contribution in [2.24, 2.45) is 0 Å². The minimum absolute atomic E-state index is 0.219. The maximum Gasteiger partial charge on any atom is 0.167 e. The first kappa shape index (κ1) is 13.1. The summed E-state index contributed by atoms with van der Waals surface area (Å²) in [7, 11) is 0. The first-order chi connectivity index (χ1) is 12.3. The minimum Gasteiger partial charge on any atom is -0.294 e. The van der Waals surface area contributed by atoms with Crippen molar-refractivity contribution < 1.29 is 4.79 Å². The van der Waals surface area contributed by atoms with Crippen molar-refractivity contribution in [3.05, 3.63) is 77.5 Å². The van der Waals surface area contributed by atoms with Crippen LogP contribution in [0.5, 0.6) is 0 Å². The van der Waals surface area contributed by atoms with Crippen molar-refractivity contribution in [2.45, 2.75) is 6.42 Å². The lowest BCUT2D eigenvalue weighted by atomic mass is 9.85. The molecule has 0 unspecified atom stereocenters. The molecule has 0 aliphatic heterocycles. The van der Waals surface area contributed by atoms with Crippen molar-refractivity contribution in [1.82, 2.24) is 0 Å². The van der Waals surface area contributed by atoms with Gasteiger partial charge < -0.3 is 0 Å². The van der Waals surface area contributed by atoms with Gasteiger partial charge in [-0.15, -0.1) is 0 Å². The summed E-state index contributed by atoms with van der Waals surface area (Å²) in [6, 6.07) is 23.5. The lowest BCUT2D eigenvalue weighted by Crippen LogP contribution is -2.16. The fourth-order valence-electron chi connectivity index (χ4n) is 4.56. The van der Waals surface area contributed by atoms with Crippen molar-refractivity contribution >= 4 is 54.9 Å². The molecule has 0 atom stereocenters. The molecule has 1 aliphatic carbocycles. The molecule has 5 aromatic carbocycles. The first-order valence-corrected chi connectivity index (χ1v) is 8.65. The third-order valence-corrected chi connectivity index (χ3v) is 5.57. The Morgan fingerprint density at radius 1 is 0.640 bits per heavy atom. The van der Waals surface area contributed by atoms with Gasteiger partial charge in [-0.05, 0) is 49.0 Å². The molecule has 0 saturated heterocycles. The zero-order valence-electron chi connectivity index (χ0n) is 13.5. The van der Waals surface area contributed by atoms with Gasteiger partial charge in [0.25, 0.3) is 0 Å². The van der Waals surface area contributed by atoms with E-state index in [0.29, 0.717) is 6.42 Å². The van der Waals surface area contributed by atoms with Crippen LogP contribution >= 0.6 is 0 Å². The summed E-state index contributed by atoms with van der Waals surface area (Å²) >= 11 is 0. The fraction of sp³-hybridized carbons (Fsp3) is 0.0417. The van der Waals surface area contributed by atoms with Crippen molar-refractivity contribution in [2.75, 3.05) is 0 Å². The van der Waals surface area contributed by atoms with E-state index in [9.17, 15) is 4.79 Å². The lowest BCUT2D eigenvalue weighted by Gasteiger charge is -2.18. The Morgan fingerprint density at radius 3 is 2.36 bits per heavy atom. The maximum atomic E-state index is 12.5. The van der Waals surface area contributed by atoms with Gasteiger partial charge >= 0.3 is 0 Å². The van der Waals surface area contributed by atoms with Crippen LogP contribution in [0.3, 0.4) is 0 Å². The van der Waals surface area contributed by atoms with Crippen LogP contribution in [0, 0.1) is 0 Å². The van der Waals surface area contributed by atoms with Gasteiger partial charge in [0.05, 0.1) is 0 Å². The summed E-state index contributed by atoms with van der Waals surface area (Å²) in [4.78, 5) is 12.5. The molecule has 0 heterocycles. The van der Waals surface area contributed by atoms with E-state index in [4.69, 9.17) is 0 Å². The zero-order valence-corrected chi connectivity index (χ0v) is 13.5. The molecule has 6 rings (SSSR count). The molecule has 0 radical (unpaired) electrons. The molecule has 25 heavy (non-hydrogen) atoms. The average Bonchev–Trinajstić information content (AvgIpc) is 2.66. The monoisotopic (exact) mass is 318 g/mol. The third kappa shape index (κ3) is 1.56. The highest BCUT2D eigenvalue weighted by molar-refractivity contribution is 6.32. The third-order valence-electron chi connectivity index (χ3n) is 5.57. The molecule has 0 bridgehead atoms. The smallest absolute Gasteiger partial charge is 0.167 e. The van der Waals surface area contributed by atoms with Crippen LogP contribution in [0.25, 0.3) is 49.2 Å². The number of fused-ring (bicyclic) bond motifs is 4.